The zero-order valence-electron chi connectivity index (χ0n) is 8.85. The van der Waals surface area contributed by atoms with Crippen LogP contribution in [0.1, 0.15) is 5.56 Å². The SMILES string of the molecule is N=C(N)c1ccnc(Oc2ccccc2Br)c1. The van der Waals surface area contributed by atoms with Crippen LogP contribution in [-0.2, 0) is 0 Å². The molecule has 1 heterocycles. The number of nitrogens with zero attached hydrogens (tertiary/aromatic N) is 1. The predicted octanol–water partition coefficient (Wildman–Crippen LogP) is 2.92. The summed E-state index contributed by atoms with van der Waals surface area (Å²) < 4.78 is 6.43. The van der Waals surface area contributed by atoms with E-state index in [9.17, 15) is 0 Å². The number of hydrogen-bond acceptors (Lipinski definition) is 3. The van der Waals surface area contributed by atoms with Crippen LogP contribution in [0.15, 0.2) is 47.1 Å². The lowest BCUT2D eigenvalue weighted by atomic mass is 10.2. The smallest absolute Gasteiger partial charge is 0.219 e. The molecule has 3 N–H and O–H groups in total. The topological polar surface area (TPSA) is 72.0 Å². The van der Waals surface area contributed by atoms with Crippen LogP contribution in [0.4, 0.5) is 0 Å². The first kappa shape index (κ1) is 11.6. The van der Waals surface area contributed by atoms with Crippen molar-refractivity contribution in [3.8, 4) is 11.6 Å². The minimum absolute atomic E-state index is 0.00984. The average molecular weight is 292 g/mol. The van der Waals surface area contributed by atoms with E-state index in [0.717, 1.165) is 4.47 Å². The van der Waals surface area contributed by atoms with E-state index in [0.29, 0.717) is 17.2 Å². The van der Waals surface area contributed by atoms with Crippen molar-refractivity contribution in [2.45, 2.75) is 0 Å². The molecule has 0 spiro atoms. The van der Waals surface area contributed by atoms with Crippen LogP contribution in [-0.4, -0.2) is 10.8 Å². The van der Waals surface area contributed by atoms with E-state index in [1.807, 2.05) is 24.3 Å². The Labute approximate surface area is 107 Å². The lowest BCUT2D eigenvalue weighted by Gasteiger charge is -2.07. The molecule has 0 saturated carbocycles. The summed E-state index contributed by atoms with van der Waals surface area (Å²) in [5.41, 5.74) is 5.98. The molecule has 0 unspecified atom stereocenters. The maximum atomic E-state index is 7.34. The van der Waals surface area contributed by atoms with E-state index < -0.39 is 0 Å². The van der Waals surface area contributed by atoms with Gasteiger partial charge in [-0.25, -0.2) is 4.98 Å². The van der Waals surface area contributed by atoms with Crippen molar-refractivity contribution in [3.63, 3.8) is 0 Å². The van der Waals surface area contributed by atoms with Crippen molar-refractivity contribution in [3.05, 3.63) is 52.6 Å². The van der Waals surface area contributed by atoms with Crippen LogP contribution in [0, 0.1) is 5.41 Å². The van der Waals surface area contributed by atoms with Crippen molar-refractivity contribution >= 4 is 21.8 Å². The van der Waals surface area contributed by atoms with Crippen LogP contribution in [0.25, 0.3) is 0 Å². The first-order valence-electron chi connectivity index (χ1n) is 4.89. The van der Waals surface area contributed by atoms with Gasteiger partial charge in [-0.1, -0.05) is 12.1 Å². The number of rotatable bonds is 3. The molecule has 0 aliphatic carbocycles. The molecule has 4 nitrogen and oxygen atoms in total. The van der Waals surface area contributed by atoms with Gasteiger partial charge in [0.15, 0.2) is 0 Å². The molecular formula is C12H10BrN3O. The van der Waals surface area contributed by atoms with Crippen LogP contribution in [0.3, 0.4) is 0 Å². The van der Waals surface area contributed by atoms with Gasteiger partial charge in [0, 0.05) is 17.8 Å². The molecule has 1 aromatic carbocycles. The number of pyridine rings is 1. The number of para-hydroxylation sites is 1. The third-order valence-electron chi connectivity index (χ3n) is 2.10. The highest BCUT2D eigenvalue weighted by molar-refractivity contribution is 9.10. The lowest BCUT2D eigenvalue weighted by molar-refractivity contribution is 0.460. The van der Waals surface area contributed by atoms with Gasteiger partial charge in [0.1, 0.15) is 11.6 Å². The normalized spacial score (nSPS) is 9.94. The van der Waals surface area contributed by atoms with Crippen LogP contribution in [0.2, 0.25) is 0 Å². The van der Waals surface area contributed by atoms with Crippen molar-refractivity contribution in [1.29, 1.82) is 5.41 Å². The Morgan fingerprint density at radius 1 is 1.29 bits per heavy atom. The Balaban J connectivity index is 2.28. The standard InChI is InChI=1S/C12H10BrN3O/c13-9-3-1-2-4-10(9)17-11-7-8(12(14)15)5-6-16-11/h1-7H,(H3,14,15). The molecule has 0 saturated heterocycles. The second-order valence-corrected chi connectivity index (χ2v) is 4.18. The molecule has 2 rings (SSSR count). The largest absolute Gasteiger partial charge is 0.438 e. The molecule has 0 aliphatic heterocycles. The number of halogens is 1. The van der Waals surface area contributed by atoms with Gasteiger partial charge in [0.2, 0.25) is 5.88 Å². The second kappa shape index (κ2) is 4.97. The quantitative estimate of drug-likeness (QED) is 0.675. The summed E-state index contributed by atoms with van der Waals surface area (Å²) in [6.45, 7) is 0. The molecule has 0 bridgehead atoms. The van der Waals surface area contributed by atoms with Crippen LogP contribution in [0.5, 0.6) is 11.6 Å². The highest BCUT2D eigenvalue weighted by Crippen LogP contribution is 2.28. The molecule has 2 aromatic rings. The van der Waals surface area contributed by atoms with Gasteiger partial charge in [0.25, 0.3) is 0 Å². The molecule has 1 aromatic heterocycles. The molecule has 17 heavy (non-hydrogen) atoms. The Morgan fingerprint density at radius 3 is 2.76 bits per heavy atom. The zero-order chi connectivity index (χ0) is 12.3. The van der Waals surface area contributed by atoms with Crippen LogP contribution < -0.4 is 10.5 Å². The van der Waals surface area contributed by atoms with Gasteiger partial charge in [-0.3, -0.25) is 5.41 Å². The van der Waals surface area contributed by atoms with Crippen molar-refractivity contribution < 1.29 is 4.74 Å². The Kier molecular flexibility index (Phi) is 3.39. The van der Waals surface area contributed by atoms with E-state index in [4.69, 9.17) is 15.9 Å². The minimum Gasteiger partial charge on any atom is -0.438 e. The molecule has 5 heteroatoms. The number of amidine groups is 1. The van der Waals surface area contributed by atoms with E-state index in [1.54, 1.807) is 18.3 Å². The average Bonchev–Trinajstić information content (AvgIpc) is 2.32. The summed E-state index contributed by atoms with van der Waals surface area (Å²) in [4.78, 5) is 4.06. The third-order valence-corrected chi connectivity index (χ3v) is 2.75. The number of ether oxygens (including phenoxy) is 1. The highest BCUT2D eigenvalue weighted by Gasteiger charge is 2.04. The molecule has 0 fully saturated rings. The van der Waals surface area contributed by atoms with Gasteiger partial charge in [-0.05, 0) is 34.1 Å². The van der Waals surface area contributed by atoms with Gasteiger partial charge < -0.3 is 10.5 Å². The fourth-order valence-corrected chi connectivity index (χ4v) is 1.64. The fraction of sp³-hybridized carbons (Fsp3) is 0. The van der Waals surface area contributed by atoms with Crippen molar-refractivity contribution in [1.82, 2.24) is 4.98 Å². The number of nitrogens with two attached hydrogens (primary N) is 1. The van der Waals surface area contributed by atoms with Crippen molar-refractivity contribution in [2.75, 3.05) is 0 Å². The monoisotopic (exact) mass is 291 g/mol. The zero-order valence-corrected chi connectivity index (χ0v) is 10.4. The van der Waals surface area contributed by atoms with Gasteiger partial charge in [-0.15, -0.1) is 0 Å². The Bertz CT molecular complexity index is 557. The number of benzene rings is 1. The summed E-state index contributed by atoms with van der Waals surface area (Å²) in [5, 5.41) is 7.34. The summed E-state index contributed by atoms with van der Waals surface area (Å²) in [6, 6.07) is 10.8. The highest BCUT2D eigenvalue weighted by atomic mass is 79.9. The summed E-state index contributed by atoms with van der Waals surface area (Å²) in [6.07, 6.45) is 1.56. The molecule has 0 atom stereocenters. The molecule has 0 radical (unpaired) electrons. The molecular weight excluding hydrogens is 282 g/mol. The molecule has 0 aliphatic rings. The molecule has 0 amide bonds. The first-order valence-corrected chi connectivity index (χ1v) is 5.69. The summed E-state index contributed by atoms with van der Waals surface area (Å²) >= 11 is 3.38. The maximum Gasteiger partial charge on any atom is 0.219 e. The Morgan fingerprint density at radius 2 is 2.06 bits per heavy atom. The minimum atomic E-state index is -0.00984. The Hall–Kier alpha value is -1.88. The van der Waals surface area contributed by atoms with Crippen molar-refractivity contribution in [2.24, 2.45) is 5.73 Å². The summed E-state index contributed by atoms with van der Waals surface area (Å²) in [5.74, 6) is 1.06. The van der Waals surface area contributed by atoms with Crippen LogP contribution >= 0.6 is 15.9 Å². The fourth-order valence-electron chi connectivity index (χ4n) is 1.27. The van der Waals surface area contributed by atoms with Gasteiger partial charge in [0.05, 0.1) is 4.47 Å². The lowest BCUT2D eigenvalue weighted by Crippen LogP contribution is -2.11. The third kappa shape index (κ3) is 2.82. The van der Waals surface area contributed by atoms with E-state index in [1.165, 1.54) is 0 Å². The maximum absolute atomic E-state index is 7.34. The number of aromatic nitrogens is 1. The van der Waals surface area contributed by atoms with Gasteiger partial charge in [-0.2, -0.15) is 0 Å². The molecule has 86 valence electrons. The first-order chi connectivity index (χ1) is 8.16. The number of nitrogen functional groups attached to an aromatic ring is 1. The number of hydrogen-bond donors (Lipinski definition) is 2. The predicted molar refractivity (Wildman–Crippen MR) is 69.5 cm³/mol. The van der Waals surface area contributed by atoms with E-state index in [-0.39, 0.29) is 5.84 Å². The van der Waals surface area contributed by atoms with E-state index in [2.05, 4.69) is 20.9 Å². The summed E-state index contributed by atoms with van der Waals surface area (Å²) in [7, 11) is 0. The van der Waals surface area contributed by atoms with E-state index >= 15 is 0 Å². The second-order valence-electron chi connectivity index (χ2n) is 3.33. The van der Waals surface area contributed by atoms with Gasteiger partial charge >= 0.3 is 0 Å². The number of nitrogens with one attached hydrogen (secondary N) is 1.